The highest BCUT2D eigenvalue weighted by atomic mass is 32.2. The predicted molar refractivity (Wildman–Crippen MR) is 384 cm³/mol. The van der Waals surface area contributed by atoms with Crippen LogP contribution >= 0.6 is 0 Å². The molecular weight excluding hydrogens is 1300 g/mol. The second kappa shape index (κ2) is 26.5. The van der Waals surface area contributed by atoms with Crippen LogP contribution in [0.4, 0.5) is 28.4 Å². The number of nitro benzene ring substituents is 2. The average Bonchev–Trinajstić information content (AvgIpc) is 1.51. The molecule has 4 heterocycles. The van der Waals surface area contributed by atoms with E-state index < -0.39 is 75.6 Å². The summed E-state index contributed by atoms with van der Waals surface area (Å²) >= 11 is 0. The Morgan fingerprint density at radius 1 is 0.596 bits per heavy atom. The molecule has 0 amide bonds. The Bertz CT molecular complexity index is 4840. The number of nitro groups is 2. The highest BCUT2D eigenvalue weighted by Gasteiger charge is 2.61. The number of carboxylic acids is 2. The molecule has 4 unspecified atom stereocenters. The van der Waals surface area contributed by atoms with Crippen molar-refractivity contribution >= 4 is 82.8 Å². The number of unbranched alkanes of at least 4 members (excludes halogenated alkanes) is 1. The number of carboxylic acid groups (broad SMARTS) is 2. The highest BCUT2D eigenvalue weighted by Crippen LogP contribution is 2.62. The molecule has 19 nitrogen and oxygen atoms in total. The van der Waals surface area contributed by atoms with Gasteiger partial charge in [-0.2, -0.15) is 26.0 Å². The fourth-order valence-corrected chi connectivity index (χ4v) is 18.3. The third-order valence-corrected chi connectivity index (χ3v) is 23.5. The first-order chi connectivity index (χ1) is 46.7. The minimum absolute atomic E-state index is 0.131. The van der Waals surface area contributed by atoms with Crippen molar-refractivity contribution in [3.05, 3.63) is 241 Å². The maximum Gasteiger partial charge on any atom is 0.363 e. The third kappa shape index (κ3) is 12.5. The van der Waals surface area contributed by atoms with Gasteiger partial charge < -0.3 is 10.2 Å². The van der Waals surface area contributed by atoms with Crippen molar-refractivity contribution in [2.75, 3.05) is 13.1 Å². The van der Waals surface area contributed by atoms with Gasteiger partial charge in [0, 0.05) is 88.4 Å². The van der Waals surface area contributed by atoms with E-state index in [1.165, 1.54) is 53.4 Å². The van der Waals surface area contributed by atoms with Crippen molar-refractivity contribution in [2.24, 2.45) is 5.92 Å². The molecule has 0 radical (unpaired) electrons. The second-order valence-corrected chi connectivity index (χ2v) is 31.8. The zero-order chi connectivity index (χ0) is 71.6. The zero-order valence-corrected chi connectivity index (χ0v) is 58.9. The third-order valence-electron chi connectivity index (χ3n) is 21.8. The van der Waals surface area contributed by atoms with E-state index >= 15 is 0 Å². The minimum Gasteiger partial charge on any atom is -0.481 e. The van der Waals surface area contributed by atoms with Crippen LogP contribution in [-0.4, -0.2) is 97.6 Å². The van der Waals surface area contributed by atoms with Crippen LogP contribution in [0.1, 0.15) is 153 Å². The number of piperidine rings is 1. The first-order valence-corrected chi connectivity index (χ1v) is 36.6. The number of hydrogen-bond acceptors (Lipinski definition) is 10. The number of para-hydroxylation sites is 2. The Morgan fingerprint density at radius 2 is 1.16 bits per heavy atom. The van der Waals surface area contributed by atoms with Crippen LogP contribution in [0.3, 0.4) is 0 Å². The summed E-state index contributed by atoms with van der Waals surface area (Å²) in [6.07, 6.45) is 27.2. The molecule has 6 aromatic rings. The van der Waals surface area contributed by atoms with Gasteiger partial charge in [-0.05, 0) is 131 Å². The number of benzene rings is 6. The first-order valence-electron chi connectivity index (χ1n) is 33.7. The summed E-state index contributed by atoms with van der Waals surface area (Å²) < 4.78 is 72.2. The monoisotopic (exact) mass is 1380 g/mol. The van der Waals surface area contributed by atoms with Gasteiger partial charge in [0.25, 0.3) is 31.6 Å². The fraction of sp³-hybridized carbons (Fsp3) is 0.359. The molecule has 99 heavy (non-hydrogen) atoms. The largest absolute Gasteiger partial charge is 0.481 e. The van der Waals surface area contributed by atoms with Gasteiger partial charge in [0.15, 0.2) is 24.0 Å². The van der Waals surface area contributed by atoms with Crippen LogP contribution in [0.15, 0.2) is 197 Å². The molecule has 2 spiro atoms. The van der Waals surface area contributed by atoms with Crippen LogP contribution in [0, 0.1) is 26.1 Å². The van der Waals surface area contributed by atoms with Gasteiger partial charge >= 0.3 is 11.9 Å². The molecule has 2 fully saturated rings. The van der Waals surface area contributed by atoms with Crippen LogP contribution in [0.25, 0.3) is 10.8 Å². The molecule has 0 bridgehead atoms. The van der Waals surface area contributed by atoms with E-state index in [0.29, 0.717) is 36.8 Å². The van der Waals surface area contributed by atoms with Crippen molar-refractivity contribution in [1.29, 1.82) is 0 Å². The maximum atomic E-state index is 13.0. The van der Waals surface area contributed by atoms with Gasteiger partial charge in [-0.3, -0.25) is 34.1 Å². The quantitative estimate of drug-likeness (QED) is 0.0165. The molecule has 0 aromatic heterocycles. The van der Waals surface area contributed by atoms with Crippen molar-refractivity contribution in [3.63, 3.8) is 0 Å². The van der Waals surface area contributed by atoms with Crippen molar-refractivity contribution < 1.29 is 64.7 Å². The number of fused-ring (bicyclic) bond motifs is 8. The van der Waals surface area contributed by atoms with Gasteiger partial charge in [0.05, 0.1) is 54.4 Å². The Morgan fingerprint density at radius 3 is 1.75 bits per heavy atom. The normalized spacial score (nSPS) is 23.4. The van der Waals surface area contributed by atoms with Gasteiger partial charge in [0.2, 0.25) is 11.4 Å². The van der Waals surface area contributed by atoms with E-state index in [2.05, 4.69) is 89.5 Å². The number of rotatable bonds is 17. The number of aliphatic carboxylic acids is 2. The number of quaternary nitrogens is 1. The lowest BCUT2D eigenvalue weighted by atomic mass is 9.59. The number of allylic oxidation sites excluding steroid dienone is 12. The molecule has 1 saturated heterocycles. The topological polar surface area (TPSA) is 276 Å². The molecule has 516 valence electrons. The van der Waals surface area contributed by atoms with Gasteiger partial charge in [-0.25, -0.2) is 9.28 Å². The van der Waals surface area contributed by atoms with Gasteiger partial charge in [-0.15, -0.1) is 0 Å². The average molecular weight is 1380 g/mol. The molecule has 12 rings (SSSR count). The summed E-state index contributed by atoms with van der Waals surface area (Å²) in [6, 6.07) is 32.2. The molecule has 4 atom stereocenters. The van der Waals surface area contributed by atoms with E-state index in [9.17, 15) is 66.0 Å². The van der Waals surface area contributed by atoms with Crippen LogP contribution in [0.5, 0.6) is 0 Å². The molecule has 21 heteroatoms. The summed E-state index contributed by atoms with van der Waals surface area (Å²) in [5.74, 6) is -2.34. The molecule has 6 aliphatic rings. The fourth-order valence-electron chi connectivity index (χ4n) is 17.3. The summed E-state index contributed by atoms with van der Waals surface area (Å²) in [7, 11) is -8.83. The minimum atomic E-state index is -4.43. The molecule has 4 N–H and O–H groups in total. The van der Waals surface area contributed by atoms with E-state index in [1.54, 1.807) is 18.2 Å². The zero-order valence-electron chi connectivity index (χ0n) is 57.3. The lowest BCUT2D eigenvalue weighted by Crippen LogP contribution is -2.61. The summed E-state index contributed by atoms with van der Waals surface area (Å²) in [5, 5.41) is 45.8. The molecule has 4 aliphatic heterocycles. The number of nitrogens with zero attached hydrogens (tertiary/aromatic N) is 5. The molecule has 1 saturated carbocycles. The van der Waals surface area contributed by atoms with Gasteiger partial charge in [0.1, 0.15) is 17.9 Å². The van der Waals surface area contributed by atoms with E-state index in [0.717, 1.165) is 107 Å². The summed E-state index contributed by atoms with van der Waals surface area (Å²) in [4.78, 5) is 47.4. The van der Waals surface area contributed by atoms with E-state index in [4.69, 9.17) is 0 Å². The second-order valence-electron chi connectivity index (χ2n) is 28.9. The maximum absolute atomic E-state index is 13.0. The van der Waals surface area contributed by atoms with Gasteiger partial charge in [-0.1, -0.05) is 131 Å². The van der Waals surface area contributed by atoms with Crippen molar-refractivity contribution in [1.82, 2.24) is 4.48 Å². The lowest BCUT2D eigenvalue weighted by Gasteiger charge is -2.44. The molecule has 6 aromatic carbocycles. The SMILES string of the molecule is CC1(C)C(/C=C/C=C/C=C2\C(C)(C)c3c(ccc4cc(S(=O)(=O)O)ccc34)[N+]23CCCCC3C(=O)O)=[N+](Cc2cc([N+](=O)[O-])cc([N+](=O)[O-])c2)c2ccccc21.CCCC[N+]1=C(/C=C/C=C/C=C2\C(C)(C)c3cc(S(=O)(=O)O)ccc3C23CCCCC3C(=O)O)C(C)(C)c2ccccc21. The number of non-ortho nitro benzene ring substituents is 2. The van der Waals surface area contributed by atoms with E-state index in [-0.39, 0.29) is 37.6 Å². The number of carbonyl (C=O) groups is 2. The lowest BCUT2D eigenvalue weighted by molar-refractivity contribution is -0.455. The van der Waals surface area contributed by atoms with E-state index in [1.807, 2.05) is 97.4 Å². The Kier molecular flexibility index (Phi) is 19.1. The van der Waals surface area contributed by atoms with Crippen molar-refractivity contribution in [2.45, 2.75) is 170 Å². The van der Waals surface area contributed by atoms with Crippen LogP contribution in [0.2, 0.25) is 0 Å². The first kappa shape index (κ1) is 71.2. The van der Waals surface area contributed by atoms with Crippen LogP contribution < -0.4 is 4.48 Å². The predicted octanol–water partition coefficient (Wildman–Crippen LogP) is 16.1. The molecule has 2 aliphatic carbocycles. The summed E-state index contributed by atoms with van der Waals surface area (Å²) in [6.45, 7) is 20.7. The highest BCUT2D eigenvalue weighted by molar-refractivity contribution is 7.86. The van der Waals surface area contributed by atoms with Crippen LogP contribution in [-0.2, 0) is 63.4 Å². The van der Waals surface area contributed by atoms with Crippen molar-refractivity contribution in [3.8, 4) is 0 Å². The standard InChI is InChI=1S/C42H40N4O9S.C36H43NO5S/c1-41(2)33-12-8-9-13-34(33)43(26-27-22-29(44(49)50)25-30(23-27)45(51)52)37(41)15-6-5-7-16-38-42(3,4)39-32-19-18-31(56(53,54)55)24-28(32)17-20-35(39)46(38)21-11-10-14-36(46)40(47)48;1-6-7-23-37-30-17-12-11-15-27(30)35(4,5)32(37)19-10-8-9-18-31-34(2,3)29-24-25(43(40,41)42)20-21-26(29)36(31)22-14-13-16-28(36)33(38)39/h5-9,12-13,15-20,22-25,36H,10-11,14,21,26H2,1-4H3;8-12,15,17-21,24,28H,6-7,13-14,16,22-23H2,1-5H3,(H-,38,39,40,41,42)/p+3/b7-5+,15-6+,38-16+;9-8+,19-10+,31-18+. The molecular formula is C78H86N5O14S2+3. The number of hydrogen-bond donors (Lipinski definition) is 4. The Labute approximate surface area is 578 Å². The Hall–Kier alpha value is -9.12. The smallest absolute Gasteiger partial charge is 0.363 e. The Balaban J connectivity index is 0.000000207. The summed E-state index contributed by atoms with van der Waals surface area (Å²) in [5.41, 5.74) is 8.93.